The highest BCUT2D eigenvalue weighted by molar-refractivity contribution is 5.64. The maximum absolute atomic E-state index is 5.46. The maximum atomic E-state index is 5.46. The molecule has 0 aliphatic rings. The summed E-state index contributed by atoms with van der Waals surface area (Å²) >= 11 is 0. The van der Waals surface area contributed by atoms with E-state index in [0.717, 1.165) is 12.2 Å². The Bertz CT molecular complexity index is 494. The Labute approximate surface area is 116 Å². The summed E-state index contributed by atoms with van der Waals surface area (Å²) in [5.74, 6) is 1.64. The molecule has 0 aromatic heterocycles. The third-order valence-corrected chi connectivity index (χ3v) is 3.10. The van der Waals surface area contributed by atoms with Crippen molar-refractivity contribution in [1.29, 1.82) is 0 Å². The van der Waals surface area contributed by atoms with Crippen LogP contribution in [-0.4, -0.2) is 6.61 Å². The van der Waals surface area contributed by atoms with Gasteiger partial charge in [-0.05, 0) is 48.1 Å². The van der Waals surface area contributed by atoms with E-state index in [0.29, 0.717) is 12.5 Å². The van der Waals surface area contributed by atoms with Crippen LogP contribution in [0.5, 0.6) is 5.75 Å². The first kappa shape index (κ1) is 13.7. The summed E-state index contributed by atoms with van der Waals surface area (Å²) in [6.07, 6.45) is 1.14. The van der Waals surface area contributed by atoms with Crippen molar-refractivity contribution in [3.8, 4) is 16.9 Å². The molecule has 0 spiro atoms. The lowest BCUT2D eigenvalue weighted by atomic mass is 9.99. The first-order chi connectivity index (χ1) is 9.19. The van der Waals surface area contributed by atoms with E-state index in [-0.39, 0.29) is 0 Å². The lowest BCUT2D eigenvalue weighted by Crippen LogP contribution is -1.93. The van der Waals surface area contributed by atoms with Crippen molar-refractivity contribution in [3.05, 3.63) is 54.1 Å². The lowest BCUT2D eigenvalue weighted by Gasteiger charge is -2.08. The van der Waals surface area contributed by atoms with Crippen molar-refractivity contribution in [2.45, 2.75) is 27.2 Å². The Kier molecular flexibility index (Phi) is 4.62. The predicted molar refractivity (Wildman–Crippen MR) is 81.6 cm³/mol. The van der Waals surface area contributed by atoms with Crippen LogP contribution < -0.4 is 4.74 Å². The quantitative estimate of drug-likeness (QED) is 0.733. The molecule has 100 valence electrons. The second-order valence-electron chi connectivity index (χ2n) is 5.25. The molecule has 0 heterocycles. The molecule has 1 nitrogen and oxygen atoms in total. The molecule has 0 aliphatic heterocycles. The number of rotatable bonds is 5. The Morgan fingerprint density at radius 1 is 0.842 bits per heavy atom. The Balaban J connectivity index is 2.13. The van der Waals surface area contributed by atoms with E-state index in [1.807, 2.05) is 19.1 Å². The van der Waals surface area contributed by atoms with Crippen LogP contribution in [0.15, 0.2) is 48.5 Å². The average molecular weight is 254 g/mol. The molecular weight excluding hydrogens is 232 g/mol. The zero-order valence-electron chi connectivity index (χ0n) is 12.0. The summed E-state index contributed by atoms with van der Waals surface area (Å²) in [5, 5.41) is 0. The molecule has 0 saturated heterocycles. The fourth-order valence-corrected chi connectivity index (χ4v) is 2.21. The highest BCUT2D eigenvalue weighted by atomic mass is 16.5. The molecule has 0 aliphatic carbocycles. The SMILES string of the molecule is CCOc1ccc(-c2ccc(CC(C)C)cc2)cc1. The maximum Gasteiger partial charge on any atom is 0.119 e. The van der Waals surface area contributed by atoms with Crippen LogP contribution in [0.3, 0.4) is 0 Å². The third-order valence-electron chi connectivity index (χ3n) is 3.10. The van der Waals surface area contributed by atoms with Crippen molar-refractivity contribution < 1.29 is 4.74 Å². The molecule has 2 aromatic carbocycles. The van der Waals surface area contributed by atoms with Crippen molar-refractivity contribution in [2.24, 2.45) is 5.92 Å². The van der Waals surface area contributed by atoms with Crippen LogP contribution in [0, 0.1) is 5.92 Å². The van der Waals surface area contributed by atoms with Crippen LogP contribution in [0.4, 0.5) is 0 Å². The van der Waals surface area contributed by atoms with E-state index in [2.05, 4.69) is 50.2 Å². The monoisotopic (exact) mass is 254 g/mol. The summed E-state index contributed by atoms with van der Waals surface area (Å²) < 4.78 is 5.46. The Morgan fingerprint density at radius 2 is 1.37 bits per heavy atom. The van der Waals surface area contributed by atoms with Crippen LogP contribution in [-0.2, 0) is 6.42 Å². The minimum atomic E-state index is 0.705. The highest BCUT2D eigenvalue weighted by Crippen LogP contribution is 2.23. The summed E-state index contributed by atoms with van der Waals surface area (Å²) in [7, 11) is 0. The second-order valence-corrected chi connectivity index (χ2v) is 5.25. The molecule has 1 heteroatoms. The smallest absolute Gasteiger partial charge is 0.119 e. The zero-order chi connectivity index (χ0) is 13.7. The van der Waals surface area contributed by atoms with Crippen molar-refractivity contribution in [1.82, 2.24) is 0 Å². The molecule has 0 radical (unpaired) electrons. The molecule has 0 atom stereocenters. The highest BCUT2D eigenvalue weighted by Gasteiger charge is 2.01. The van der Waals surface area contributed by atoms with Gasteiger partial charge >= 0.3 is 0 Å². The molecule has 19 heavy (non-hydrogen) atoms. The molecule has 0 bridgehead atoms. The van der Waals surface area contributed by atoms with E-state index >= 15 is 0 Å². The van der Waals surface area contributed by atoms with E-state index in [4.69, 9.17) is 4.74 Å². The summed E-state index contributed by atoms with van der Waals surface area (Å²) in [6.45, 7) is 7.21. The van der Waals surface area contributed by atoms with Crippen molar-refractivity contribution in [2.75, 3.05) is 6.61 Å². The Morgan fingerprint density at radius 3 is 1.84 bits per heavy atom. The Hall–Kier alpha value is -1.76. The van der Waals surface area contributed by atoms with Gasteiger partial charge < -0.3 is 4.74 Å². The van der Waals surface area contributed by atoms with Gasteiger partial charge in [0.2, 0.25) is 0 Å². The summed E-state index contributed by atoms with van der Waals surface area (Å²) in [5.41, 5.74) is 3.90. The molecule has 0 amide bonds. The number of hydrogen-bond donors (Lipinski definition) is 0. The average Bonchev–Trinajstić information content (AvgIpc) is 2.40. The van der Waals surface area contributed by atoms with E-state index < -0.39 is 0 Å². The standard InChI is InChI=1S/C18H22O/c1-4-19-18-11-9-17(10-12-18)16-7-5-15(6-8-16)13-14(2)3/h5-12,14H,4,13H2,1-3H3. The normalized spacial score (nSPS) is 10.7. The van der Waals surface area contributed by atoms with Crippen LogP contribution in [0.25, 0.3) is 11.1 Å². The fourth-order valence-electron chi connectivity index (χ4n) is 2.21. The van der Waals surface area contributed by atoms with Gasteiger partial charge in [0.15, 0.2) is 0 Å². The van der Waals surface area contributed by atoms with Gasteiger partial charge in [0.25, 0.3) is 0 Å². The fraction of sp³-hybridized carbons (Fsp3) is 0.333. The number of benzene rings is 2. The van der Waals surface area contributed by atoms with Gasteiger partial charge in [-0.3, -0.25) is 0 Å². The molecule has 2 aromatic rings. The third kappa shape index (κ3) is 3.85. The van der Waals surface area contributed by atoms with Gasteiger partial charge in [-0.15, -0.1) is 0 Å². The predicted octanol–water partition coefficient (Wildman–Crippen LogP) is 4.95. The number of hydrogen-bond acceptors (Lipinski definition) is 1. The zero-order valence-corrected chi connectivity index (χ0v) is 12.0. The van der Waals surface area contributed by atoms with Gasteiger partial charge in [-0.25, -0.2) is 0 Å². The topological polar surface area (TPSA) is 9.23 Å². The minimum Gasteiger partial charge on any atom is -0.494 e. The van der Waals surface area contributed by atoms with Crippen molar-refractivity contribution in [3.63, 3.8) is 0 Å². The lowest BCUT2D eigenvalue weighted by molar-refractivity contribution is 0.340. The minimum absolute atomic E-state index is 0.705. The molecule has 2 rings (SSSR count). The van der Waals surface area contributed by atoms with Gasteiger partial charge in [-0.1, -0.05) is 50.2 Å². The van der Waals surface area contributed by atoms with Crippen LogP contribution >= 0.6 is 0 Å². The van der Waals surface area contributed by atoms with Crippen molar-refractivity contribution >= 4 is 0 Å². The molecular formula is C18H22O. The first-order valence-electron chi connectivity index (χ1n) is 7.01. The number of ether oxygens (including phenoxy) is 1. The molecule has 0 unspecified atom stereocenters. The molecule has 0 fully saturated rings. The van der Waals surface area contributed by atoms with E-state index in [1.165, 1.54) is 16.7 Å². The van der Waals surface area contributed by atoms with Gasteiger partial charge in [0, 0.05) is 0 Å². The van der Waals surface area contributed by atoms with Gasteiger partial charge in [0.05, 0.1) is 6.61 Å². The summed E-state index contributed by atoms with van der Waals surface area (Å²) in [6, 6.07) is 17.1. The van der Waals surface area contributed by atoms with Crippen LogP contribution in [0.2, 0.25) is 0 Å². The summed E-state index contributed by atoms with van der Waals surface area (Å²) in [4.78, 5) is 0. The molecule has 0 saturated carbocycles. The van der Waals surface area contributed by atoms with Gasteiger partial charge in [-0.2, -0.15) is 0 Å². The van der Waals surface area contributed by atoms with E-state index in [9.17, 15) is 0 Å². The van der Waals surface area contributed by atoms with Crippen LogP contribution in [0.1, 0.15) is 26.3 Å². The largest absolute Gasteiger partial charge is 0.494 e. The van der Waals surface area contributed by atoms with E-state index in [1.54, 1.807) is 0 Å². The second kappa shape index (κ2) is 6.42. The van der Waals surface area contributed by atoms with Gasteiger partial charge in [0.1, 0.15) is 5.75 Å². The molecule has 0 N–H and O–H groups in total. The first-order valence-corrected chi connectivity index (χ1v) is 7.01.